The van der Waals surface area contributed by atoms with Crippen LogP contribution in [-0.2, 0) is 17.6 Å². The summed E-state index contributed by atoms with van der Waals surface area (Å²) in [7, 11) is 3.06. The number of rotatable bonds is 8. The third kappa shape index (κ3) is 4.79. The summed E-state index contributed by atoms with van der Waals surface area (Å²) >= 11 is 0. The lowest BCUT2D eigenvalue weighted by molar-refractivity contribution is 0.140. The minimum Gasteiger partial charge on any atom is -0.504 e. The number of phenolic OH excluding ortho intramolecular Hbond substituents is 2. The van der Waals surface area contributed by atoms with Gasteiger partial charge in [0.1, 0.15) is 0 Å². The second kappa shape index (κ2) is 8.29. The van der Waals surface area contributed by atoms with E-state index in [0.717, 1.165) is 24.0 Å². The van der Waals surface area contributed by atoms with E-state index in [1.54, 1.807) is 12.1 Å². The number of methoxy groups -OCH3 is 2. The second-order valence-electron chi connectivity index (χ2n) is 5.12. The molecule has 5 nitrogen and oxygen atoms in total. The standard InChI is InChI=1S/C18H22O5/c1-21-17-11-13(3-5-15(17)19)7-9-23-10-8-14-4-6-16(20)18(12-14)22-2/h3-6,11-12,19-20H,7-10H2,1-2H3. The van der Waals surface area contributed by atoms with Crippen LogP contribution >= 0.6 is 0 Å². The van der Waals surface area contributed by atoms with Gasteiger partial charge in [0.15, 0.2) is 23.0 Å². The van der Waals surface area contributed by atoms with E-state index in [-0.39, 0.29) is 11.5 Å². The molecule has 0 radical (unpaired) electrons. The van der Waals surface area contributed by atoms with Crippen molar-refractivity contribution in [2.75, 3.05) is 27.4 Å². The molecule has 2 aromatic carbocycles. The van der Waals surface area contributed by atoms with Crippen molar-refractivity contribution in [2.24, 2.45) is 0 Å². The zero-order valence-electron chi connectivity index (χ0n) is 13.4. The topological polar surface area (TPSA) is 68.2 Å². The first kappa shape index (κ1) is 17.0. The predicted octanol–water partition coefficient (Wildman–Crippen LogP) is 2.92. The highest BCUT2D eigenvalue weighted by Crippen LogP contribution is 2.27. The third-order valence-electron chi connectivity index (χ3n) is 3.56. The van der Waals surface area contributed by atoms with Gasteiger partial charge in [-0.3, -0.25) is 0 Å². The van der Waals surface area contributed by atoms with Crippen molar-refractivity contribution in [3.8, 4) is 23.0 Å². The van der Waals surface area contributed by atoms with E-state index < -0.39 is 0 Å². The van der Waals surface area contributed by atoms with Crippen LogP contribution in [0.2, 0.25) is 0 Å². The summed E-state index contributed by atoms with van der Waals surface area (Å²) in [5.74, 6) is 1.22. The fourth-order valence-corrected chi connectivity index (χ4v) is 2.24. The van der Waals surface area contributed by atoms with Crippen LogP contribution in [0, 0.1) is 0 Å². The zero-order chi connectivity index (χ0) is 16.7. The van der Waals surface area contributed by atoms with Gasteiger partial charge >= 0.3 is 0 Å². The molecule has 0 fully saturated rings. The van der Waals surface area contributed by atoms with E-state index >= 15 is 0 Å². The van der Waals surface area contributed by atoms with Gasteiger partial charge in [-0.2, -0.15) is 0 Å². The molecule has 0 aromatic heterocycles. The summed E-state index contributed by atoms with van der Waals surface area (Å²) in [6.07, 6.45) is 1.49. The molecular weight excluding hydrogens is 296 g/mol. The molecule has 2 N–H and O–H groups in total. The Bertz CT molecular complexity index is 584. The molecule has 0 aliphatic heterocycles. The Morgan fingerprint density at radius 3 is 1.57 bits per heavy atom. The monoisotopic (exact) mass is 318 g/mol. The summed E-state index contributed by atoms with van der Waals surface area (Å²) in [4.78, 5) is 0. The summed E-state index contributed by atoms with van der Waals surface area (Å²) in [5, 5.41) is 19.1. The molecule has 0 saturated carbocycles. The molecule has 0 aliphatic rings. The van der Waals surface area contributed by atoms with Gasteiger partial charge in [-0.1, -0.05) is 12.1 Å². The molecule has 2 aromatic rings. The Morgan fingerprint density at radius 1 is 0.739 bits per heavy atom. The maximum absolute atomic E-state index is 9.55. The van der Waals surface area contributed by atoms with E-state index in [9.17, 15) is 10.2 Å². The highest BCUT2D eigenvalue weighted by atomic mass is 16.5. The van der Waals surface area contributed by atoms with Crippen LogP contribution in [0.1, 0.15) is 11.1 Å². The van der Waals surface area contributed by atoms with Crippen LogP contribution in [0.15, 0.2) is 36.4 Å². The van der Waals surface area contributed by atoms with Gasteiger partial charge in [0.2, 0.25) is 0 Å². The molecule has 0 bridgehead atoms. The SMILES string of the molecule is COc1cc(CCOCCc2ccc(O)c(OC)c2)ccc1O. The number of hydrogen-bond acceptors (Lipinski definition) is 5. The molecular formula is C18H22O5. The number of benzene rings is 2. The van der Waals surface area contributed by atoms with E-state index in [2.05, 4.69) is 0 Å². The molecule has 5 heteroatoms. The Hall–Kier alpha value is -2.40. The van der Waals surface area contributed by atoms with Crippen molar-refractivity contribution >= 4 is 0 Å². The minimum absolute atomic E-state index is 0.137. The second-order valence-corrected chi connectivity index (χ2v) is 5.12. The average Bonchev–Trinajstić information content (AvgIpc) is 2.57. The maximum Gasteiger partial charge on any atom is 0.160 e. The average molecular weight is 318 g/mol. The third-order valence-corrected chi connectivity index (χ3v) is 3.56. The van der Waals surface area contributed by atoms with Crippen molar-refractivity contribution in [3.63, 3.8) is 0 Å². The Labute approximate surface area is 136 Å². The highest BCUT2D eigenvalue weighted by molar-refractivity contribution is 5.42. The fourth-order valence-electron chi connectivity index (χ4n) is 2.24. The van der Waals surface area contributed by atoms with Crippen LogP contribution in [0.25, 0.3) is 0 Å². The lowest BCUT2D eigenvalue weighted by Gasteiger charge is -2.09. The smallest absolute Gasteiger partial charge is 0.160 e. The largest absolute Gasteiger partial charge is 0.504 e. The first-order valence-corrected chi connectivity index (χ1v) is 7.43. The predicted molar refractivity (Wildman–Crippen MR) is 87.5 cm³/mol. The van der Waals surface area contributed by atoms with Gasteiger partial charge in [-0.15, -0.1) is 0 Å². The van der Waals surface area contributed by atoms with Crippen LogP contribution in [0.5, 0.6) is 23.0 Å². The first-order chi connectivity index (χ1) is 11.1. The van der Waals surface area contributed by atoms with Gasteiger partial charge in [0.25, 0.3) is 0 Å². The molecule has 0 atom stereocenters. The Balaban J connectivity index is 1.75. The van der Waals surface area contributed by atoms with Crippen LogP contribution in [-0.4, -0.2) is 37.6 Å². The van der Waals surface area contributed by atoms with Crippen molar-refractivity contribution < 1.29 is 24.4 Å². The normalized spacial score (nSPS) is 10.5. The maximum atomic E-state index is 9.55. The molecule has 124 valence electrons. The van der Waals surface area contributed by atoms with E-state index in [1.807, 2.05) is 24.3 Å². The van der Waals surface area contributed by atoms with Gasteiger partial charge in [-0.05, 0) is 48.2 Å². The van der Waals surface area contributed by atoms with Gasteiger partial charge in [-0.25, -0.2) is 0 Å². The number of ether oxygens (including phenoxy) is 3. The molecule has 0 spiro atoms. The van der Waals surface area contributed by atoms with Crippen LogP contribution in [0.4, 0.5) is 0 Å². The molecule has 0 saturated heterocycles. The molecule has 23 heavy (non-hydrogen) atoms. The van der Waals surface area contributed by atoms with Gasteiger partial charge < -0.3 is 24.4 Å². The Kier molecular flexibility index (Phi) is 6.11. The van der Waals surface area contributed by atoms with Crippen molar-refractivity contribution in [1.82, 2.24) is 0 Å². The molecule has 0 heterocycles. The van der Waals surface area contributed by atoms with Gasteiger partial charge in [0, 0.05) is 0 Å². The number of hydrogen-bond donors (Lipinski definition) is 2. The first-order valence-electron chi connectivity index (χ1n) is 7.43. The van der Waals surface area contributed by atoms with Gasteiger partial charge in [0.05, 0.1) is 27.4 Å². The molecule has 2 rings (SSSR count). The minimum atomic E-state index is 0.137. The van der Waals surface area contributed by atoms with E-state index in [0.29, 0.717) is 24.7 Å². The van der Waals surface area contributed by atoms with E-state index in [1.165, 1.54) is 14.2 Å². The summed E-state index contributed by atoms with van der Waals surface area (Å²) < 4.78 is 15.8. The highest BCUT2D eigenvalue weighted by Gasteiger charge is 2.04. The molecule has 0 aliphatic carbocycles. The van der Waals surface area contributed by atoms with Crippen molar-refractivity contribution in [3.05, 3.63) is 47.5 Å². The molecule has 0 amide bonds. The lowest BCUT2D eigenvalue weighted by Crippen LogP contribution is -2.03. The van der Waals surface area contributed by atoms with Crippen molar-refractivity contribution in [2.45, 2.75) is 12.8 Å². The van der Waals surface area contributed by atoms with Crippen LogP contribution in [0.3, 0.4) is 0 Å². The number of phenols is 2. The molecule has 0 unspecified atom stereocenters. The number of aromatic hydroxyl groups is 2. The van der Waals surface area contributed by atoms with Crippen molar-refractivity contribution in [1.29, 1.82) is 0 Å². The summed E-state index contributed by atoms with van der Waals surface area (Å²) in [6.45, 7) is 1.17. The van der Waals surface area contributed by atoms with E-state index in [4.69, 9.17) is 14.2 Å². The quantitative estimate of drug-likeness (QED) is 0.733. The van der Waals surface area contributed by atoms with Crippen LogP contribution < -0.4 is 9.47 Å². The Morgan fingerprint density at radius 2 is 1.17 bits per heavy atom. The fraction of sp³-hybridized carbons (Fsp3) is 0.333. The lowest BCUT2D eigenvalue weighted by atomic mass is 10.1. The zero-order valence-corrected chi connectivity index (χ0v) is 13.4. The summed E-state index contributed by atoms with van der Waals surface area (Å²) in [6, 6.07) is 10.6. The summed E-state index contributed by atoms with van der Waals surface area (Å²) in [5.41, 5.74) is 2.09.